The van der Waals surface area contributed by atoms with Crippen LogP contribution in [0.15, 0.2) is 61.1 Å². The highest BCUT2D eigenvalue weighted by Gasteiger charge is 2.28. The van der Waals surface area contributed by atoms with Gasteiger partial charge in [-0.3, -0.25) is 9.20 Å². The Balaban J connectivity index is 1.48. The van der Waals surface area contributed by atoms with Gasteiger partial charge < -0.3 is 16.0 Å². The first-order chi connectivity index (χ1) is 16.0. The molecule has 168 valence electrons. The molecule has 4 heterocycles. The number of pyridine rings is 1. The fourth-order valence-corrected chi connectivity index (χ4v) is 4.47. The fourth-order valence-electron chi connectivity index (χ4n) is 4.47. The van der Waals surface area contributed by atoms with Gasteiger partial charge in [0.1, 0.15) is 28.7 Å². The van der Waals surface area contributed by atoms with Crippen molar-refractivity contribution in [1.82, 2.24) is 24.3 Å². The van der Waals surface area contributed by atoms with E-state index < -0.39 is 0 Å². The Hall–Kier alpha value is -3.78. The third kappa shape index (κ3) is 4.05. The highest BCUT2D eigenvalue weighted by atomic mass is 16.1. The molecule has 1 aromatic carbocycles. The zero-order chi connectivity index (χ0) is 22.9. The molecule has 0 radical (unpaired) electrons. The van der Waals surface area contributed by atoms with Gasteiger partial charge in [-0.2, -0.15) is 0 Å². The van der Waals surface area contributed by atoms with E-state index in [9.17, 15) is 4.79 Å². The van der Waals surface area contributed by atoms with Crippen molar-refractivity contribution in [3.8, 4) is 11.3 Å². The molecule has 3 N–H and O–H groups in total. The first-order valence-corrected chi connectivity index (χ1v) is 11.2. The van der Waals surface area contributed by atoms with Crippen LogP contribution in [-0.2, 0) is 0 Å². The first kappa shape index (κ1) is 21.1. The Kier molecular flexibility index (Phi) is 5.51. The number of nitrogens with one attached hydrogen (secondary N) is 1. The average Bonchev–Trinajstić information content (AvgIpc) is 3.23. The second-order valence-corrected chi connectivity index (χ2v) is 8.66. The molecular formula is C25H27N7O. The predicted octanol–water partition coefficient (Wildman–Crippen LogP) is 3.82. The average molecular weight is 442 g/mol. The Bertz CT molecular complexity index is 1280. The molecule has 2 atom stereocenters. The Morgan fingerprint density at radius 2 is 1.91 bits per heavy atom. The van der Waals surface area contributed by atoms with Crippen LogP contribution in [0.5, 0.6) is 0 Å². The van der Waals surface area contributed by atoms with E-state index in [-0.39, 0.29) is 5.91 Å². The van der Waals surface area contributed by atoms with Crippen molar-refractivity contribution in [3.05, 3.63) is 72.4 Å². The number of piperidine rings is 1. The largest absolute Gasteiger partial charge is 0.382 e. The third-order valence-electron chi connectivity index (χ3n) is 6.50. The van der Waals surface area contributed by atoms with E-state index in [1.54, 1.807) is 36.7 Å². The molecule has 1 aliphatic heterocycles. The lowest BCUT2D eigenvalue weighted by Crippen LogP contribution is -2.38. The lowest BCUT2D eigenvalue weighted by molar-refractivity contribution is 0.102. The number of imidazole rings is 1. The molecule has 33 heavy (non-hydrogen) atoms. The number of nitrogens with zero attached hydrogens (tertiary/aromatic N) is 5. The lowest BCUT2D eigenvalue weighted by atomic mass is 9.93. The maximum atomic E-state index is 12.6. The van der Waals surface area contributed by atoms with E-state index in [1.807, 2.05) is 24.4 Å². The first-order valence-electron chi connectivity index (χ1n) is 11.2. The van der Waals surface area contributed by atoms with Crippen LogP contribution in [0.25, 0.3) is 16.8 Å². The van der Waals surface area contributed by atoms with E-state index in [0.29, 0.717) is 29.2 Å². The van der Waals surface area contributed by atoms with Crippen LogP contribution in [0.4, 0.5) is 11.6 Å². The van der Waals surface area contributed by atoms with Gasteiger partial charge in [-0.15, -0.1) is 0 Å². The molecule has 0 aliphatic carbocycles. The number of carbonyl (C=O) groups is 1. The molecule has 1 fully saturated rings. The summed E-state index contributed by atoms with van der Waals surface area (Å²) in [6.07, 6.45) is 7.51. The molecule has 0 bridgehead atoms. The van der Waals surface area contributed by atoms with Crippen molar-refractivity contribution in [2.45, 2.75) is 31.7 Å². The summed E-state index contributed by atoms with van der Waals surface area (Å²) in [7, 11) is 2.16. The maximum Gasteiger partial charge on any atom is 0.256 e. The number of aromatic nitrogens is 4. The van der Waals surface area contributed by atoms with Crippen molar-refractivity contribution < 1.29 is 4.79 Å². The van der Waals surface area contributed by atoms with Crippen molar-refractivity contribution in [3.63, 3.8) is 0 Å². The number of rotatable bonds is 4. The number of nitrogens with two attached hydrogens (primary N) is 1. The normalized spacial score (nSPS) is 19.0. The molecule has 4 aromatic rings. The number of nitrogen functional groups attached to an aromatic ring is 1. The maximum absolute atomic E-state index is 12.6. The van der Waals surface area contributed by atoms with Crippen molar-refractivity contribution in [2.24, 2.45) is 0 Å². The minimum Gasteiger partial charge on any atom is -0.382 e. The number of anilines is 2. The molecule has 1 aliphatic rings. The molecular weight excluding hydrogens is 414 g/mol. The number of likely N-dealkylation sites (tertiary alicyclic amines) is 1. The smallest absolute Gasteiger partial charge is 0.256 e. The Labute approximate surface area is 192 Å². The minimum absolute atomic E-state index is 0.212. The van der Waals surface area contributed by atoms with Gasteiger partial charge in [-0.25, -0.2) is 15.0 Å². The van der Waals surface area contributed by atoms with E-state index in [0.717, 1.165) is 42.0 Å². The van der Waals surface area contributed by atoms with Gasteiger partial charge in [0.15, 0.2) is 0 Å². The molecule has 1 saturated heterocycles. The summed E-state index contributed by atoms with van der Waals surface area (Å²) in [5.74, 6) is 2.07. The molecule has 8 nitrogen and oxygen atoms in total. The fraction of sp³-hybridized carbons (Fsp3) is 0.280. The summed E-state index contributed by atoms with van der Waals surface area (Å²) >= 11 is 0. The van der Waals surface area contributed by atoms with Gasteiger partial charge in [0.25, 0.3) is 5.91 Å². The molecule has 1 amide bonds. The zero-order valence-corrected chi connectivity index (χ0v) is 18.8. The number of hydrogen-bond acceptors (Lipinski definition) is 6. The third-order valence-corrected chi connectivity index (χ3v) is 6.50. The second-order valence-electron chi connectivity index (χ2n) is 8.66. The standard InChI is InChI=1S/C25H27N7O/c1-16-6-7-19(15-31(16)2)24-30-21(22-23(26)28-13-14-32(22)24)17-8-10-18(11-9-17)25(33)29-20-5-3-4-12-27-20/h3-5,8-14,16,19H,6-7,15H2,1-2H3,(H2,26,28)(H,27,29,33). The van der Waals surface area contributed by atoms with Gasteiger partial charge in [-0.1, -0.05) is 18.2 Å². The van der Waals surface area contributed by atoms with Gasteiger partial charge in [0.05, 0.1) is 0 Å². The van der Waals surface area contributed by atoms with Crippen LogP contribution in [-0.4, -0.2) is 49.8 Å². The highest BCUT2D eigenvalue weighted by Crippen LogP contribution is 2.34. The van der Waals surface area contributed by atoms with Crippen LogP contribution < -0.4 is 11.1 Å². The predicted molar refractivity (Wildman–Crippen MR) is 129 cm³/mol. The van der Waals surface area contributed by atoms with Crippen molar-refractivity contribution >= 4 is 23.1 Å². The number of benzene rings is 1. The summed E-state index contributed by atoms with van der Waals surface area (Å²) in [5.41, 5.74) is 9.33. The summed E-state index contributed by atoms with van der Waals surface area (Å²) in [4.78, 5) is 28.5. The van der Waals surface area contributed by atoms with Crippen LogP contribution in [0.2, 0.25) is 0 Å². The quantitative estimate of drug-likeness (QED) is 0.499. The summed E-state index contributed by atoms with van der Waals surface area (Å²) in [5, 5.41) is 2.81. The van der Waals surface area contributed by atoms with E-state index in [4.69, 9.17) is 10.7 Å². The molecule has 5 rings (SSSR count). The van der Waals surface area contributed by atoms with Crippen LogP contribution >= 0.6 is 0 Å². The van der Waals surface area contributed by atoms with Crippen LogP contribution in [0.3, 0.4) is 0 Å². The van der Waals surface area contributed by atoms with Gasteiger partial charge >= 0.3 is 0 Å². The molecule has 0 saturated carbocycles. The van der Waals surface area contributed by atoms with Crippen LogP contribution in [0.1, 0.15) is 41.9 Å². The minimum atomic E-state index is -0.212. The van der Waals surface area contributed by atoms with Gasteiger partial charge in [-0.05, 0) is 51.1 Å². The number of hydrogen-bond donors (Lipinski definition) is 2. The van der Waals surface area contributed by atoms with Gasteiger partial charge in [0.2, 0.25) is 0 Å². The Morgan fingerprint density at radius 1 is 1.09 bits per heavy atom. The highest BCUT2D eigenvalue weighted by molar-refractivity contribution is 6.04. The van der Waals surface area contributed by atoms with E-state index >= 15 is 0 Å². The monoisotopic (exact) mass is 441 g/mol. The number of amides is 1. The van der Waals surface area contributed by atoms with Gasteiger partial charge in [0, 0.05) is 48.2 Å². The lowest BCUT2D eigenvalue weighted by Gasteiger charge is -2.34. The molecule has 8 heteroatoms. The zero-order valence-electron chi connectivity index (χ0n) is 18.8. The summed E-state index contributed by atoms with van der Waals surface area (Å²) in [6.45, 7) is 3.22. The summed E-state index contributed by atoms with van der Waals surface area (Å²) in [6, 6.07) is 13.4. The van der Waals surface area contributed by atoms with Crippen molar-refractivity contribution in [2.75, 3.05) is 24.6 Å². The SMILES string of the molecule is CC1CCC(c2nc(-c3ccc(C(=O)Nc4ccccn4)cc3)c3c(N)nccn23)CN1C. The summed E-state index contributed by atoms with van der Waals surface area (Å²) < 4.78 is 2.08. The van der Waals surface area contributed by atoms with E-state index in [2.05, 4.69) is 38.6 Å². The molecule has 2 unspecified atom stereocenters. The molecule has 3 aromatic heterocycles. The second kappa shape index (κ2) is 8.63. The molecule has 0 spiro atoms. The Morgan fingerprint density at radius 3 is 2.64 bits per heavy atom. The number of fused-ring (bicyclic) bond motifs is 1. The topological polar surface area (TPSA) is 101 Å². The number of carbonyl (C=O) groups excluding carboxylic acids is 1. The van der Waals surface area contributed by atoms with Crippen LogP contribution in [0, 0.1) is 0 Å². The number of likely N-dealkylation sites (N-methyl/N-ethyl adjacent to an activating group) is 1. The van der Waals surface area contributed by atoms with E-state index in [1.165, 1.54) is 0 Å². The van der Waals surface area contributed by atoms with Crippen molar-refractivity contribution in [1.29, 1.82) is 0 Å².